The van der Waals surface area contributed by atoms with Crippen LogP contribution in [0.1, 0.15) is 6.42 Å². The summed E-state index contributed by atoms with van der Waals surface area (Å²) in [5, 5.41) is 4.97. The first-order chi connectivity index (χ1) is 6.61. The summed E-state index contributed by atoms with van der Waals surface area (Å²) in [6.07, 6.45) is 1.37. The Balaban J connectivity index is 2.42. The SMILES string of the molecule is Cn1ncc(Br)c1SCCC=C(F)F. The minimum atomic E-state index is -1.62. The maximum atomic E-state index is 11.7. The van der Waals surface area contributed by atoms with Crippen LogP contribution in [0, 0.1) is 0 Å². The molecule has 14 heavy (non-hydrogen) atoms. The largest absolute Gasteiger partial charge is 0.266 e. The molecule has 0 aromatic carbocycles. The van der Waals surface area contributed by atoms with Gasteiger partial charge in [-0.05, 0) is 28.4 Å². The quantitative estimate of drug-likeness (QED) is 0.622. The Morgan fingerprint density at radius 2 is 2.43 bits per heavy atom. The van der Waals surface area contributed by atoms with Crippen molar-refractivity contribution in [3.63, 3.8) is 0 Å². The average molecular weight is 283 g/mol. The highest BCUT2D eigenvalue weighted by atomic mass is 79.9. The fourth-order valence-corrected chi connectivity index (χ4v) is 2.43. The number of thioether (sulfide) groups is 1. The Morgan fingerprint density at radius 1 is 1.71 bits per heavy atom. The molecule has 0 amide bonds. The zero-order chi connectivity index (χ0) is 10.6. The van der Waals surface area contributed by atoms with Gasteiger partial charge in [0.05, 0.1) is 10.7 Å². The van der Waals surface area contributed by atoms with Crippen molar-refractivity contribution < 1.29 is 8.78 Å². The molecule has 78 valence electrons. The molecular weight excluding hydrogens is 274 g/mol. The summed E-state index contributed by atoms with van der Waals surface area (Å²) in [5.74, 6) is 0.621. The van der Waals surface area contributed by atoms with Crippen molar-refractivity contribution in [3.8, 4) is 0 Å². The molecule has 0 spiro atoms. The third-order valence-electron chi connectivity index (χ3n) is 1.50. The van der Waals surface area contributed by atoms with Gasteiger partial charge in [-0.1, -0.05) is 0 Å². The lowest BCUT2D eigenvalue weighted by molar-refractivity contribution is 0.418. The van der Waals surface area contributed by atoms with E-state index in [1.165, 1.54) is 11.8 Å². The lowest BCUT2D eigenvalue weighted by atomic mass is 10.5. The molecule has 0 aliphatic heterocycles. The summed E-state index contributed by atoms with van der Waals surface area (Å²) in [6, 6.07) is 0. The molecule has 0 fully saturated rings. The molecule has 0 aliphatic carbocycles. The Bertz CT molecular complexity index is 315. The Morgan fingerprint density at radius 3 is 2.93 bits per heavy atom. The topological polar surface area (TPSA) is 17.8 Å². The average Bonchev–Trinajstić information content (AvgIpc) is 2.42. The number of nitrogens with zero attached hydrogens (tertiary/aromatic N) is 2. The first kappa shape index (κ1) is 11.7. The number of hydrogen-bond donors (Lipinski definition) is 0. The number of aryl methyl sites for hydroxylation is 1. The van der Waals surface area contributed by atoms with Crippen molar-refractivity contribution in [2.45, 2.75) is 11.4 Å². The van der Waals surface area contributed by atoms with Gasteiger partial charge >= 0.3 is 0 Å². The molecule has 1 aromatic rings. The Labute approximate surface area is 93.5 Å². The number of halogens is 3. The zero-order valence-corrected chi connectivity index (χ0v) is 9.91. The summed E-state index contributed by atoms with van der Waals surface area (Å²) in [4.78, 5) is 0. The number of rotatable bonds is 4. The molecule has 0 unspecified atom stereocenters. The summed E-state index contributed by atoms with van der Waals surface area (Å²) >= 11 is 4.83. The minimum Gasteiger partial charge on any atom is -0.261 e. The number of hydrogen-bond acceptors (Lipinski definition) is 2. The van der Waals surface area contributed by atoms with Crippen LogP contribution in [-0.4, -0.2) is 15.5 Å². The van der Waals surface area contributed by atoms with Gasteiger partial charge in [0.25, 0.3) is 6.08 Å². The van der Waals surface area contributed by atoms with Crippen LogP contribution in [0.3, 0.4) is 0 Å². The van der Waals surface area contributed by atoms with Gasteiger partial charge in [-0.25, -0.2) is 0 Å². The lowest BCUT2D eigenvalue weighted by Crippen LogP contribution is -1.92. The number of aromatic nitrogens is 2. The first-order valence-corrected chi connectivity index (χ1v) is 5.70. The van der Waals surface area contributed by atoms with Gasteiger partial charge in [0.15, 0.2) is 0 Å². The van der Waals surface area contributed by atoms with Gasteiger partial charge < -0.3 is 0 Å². The van der Waals surface area contributed by atoms with Crippen LogP contribution in [-0.2, 0) is 7.05 Å². The van der Waals surface area contributed by atoms with E-state index in [0.717, 1.165) is 15.6 Å². The predicted molar refractivity (Wildman–Crippen MR) is 56.5 cm³/mol. The van der Waals surface area contributed by atoms with Crippen molar-refractivity contribution in [1.29, 1.82) is 0 Å². The van der Waals surface area contributed by atoms with Crippen LogP contribution in [0.15, 0.2) is 27.9 Å². The molecule has 0 radical (unpaired) electrons. The number of allylic oxidation sites excluding steroid dienone is 1. The van der Waals surface area contributed by atoms with E-state index in [-0.39, 0.29) is 0 Å². The summed E-state index contributed by atoms with van der Waals surface area (Å²) in [7, 11) is 1.82. The molecular formula is C8H9BrF2N2S. The fourth-order valence-electron chi connectivity index (χ4n) is 0.886. The maximum absolute atomic E-state index is 11.7. The van der Waals surface area contributed by atoms with E-state index in [1.807, 2.05) is 7.05 Å². The fraction of sp³-hybridized carbons (Fsp3) is 0.375. The van der Waals surface area contributed by atoms with E-state index >= 15 is 0 Å². The van der Waals surface area contributed by atoms with E-state index in [2.05, 4.69) is 21.0 Å². The first-order valence-electron chi connectivity index (χ1n) is 3.92. The monoisotopic (exact) mass is 282 g/mol. The molecule has 0 N–H and O–H groups in total. The van der Waals surface area contributed by atoms with E-state index < -0.39 is 6.08 Å². The molecule has 1 aromatic heterocycles. The molecule has 1 heterocycles. The van der Waals surface area contributed by atoms with E-state index in [9.17, 15) is 8.78 Å². The van der Waals surface area contributed by atoms with Gasteiger partial charge in [0.1, 0.15) is 5.03 Å². The van der Waals surface area contributed by atoms with Gasteiger partial charge in [-0.15, -0.1) is 11.8 Å². The van der Waals surface area contributed by atoms with Crippen LogP contribution >= 0.6 is 27.7 Å². The molecule has 0 saturated heterocycles. The van der Waals surface area contributed by atoms with Crippen LogP contribution in [0.4, 0.5) is 8.78 Å². The van der Waals surface area contributed by atoms with Crippen LogP contribution in [0.2, 0.25) is 0 Å². The summed E-state index contributed by atoms with van der Waals surface area (Å²) < 4.78 is 26.0. The lowest BCUT2D eigenvalue weighted by Gasteiger charge is -2.00. The Kier molecular flexibility index (Phi) is 4.60. The molecule has 1 rings (SSSR count). The van der Waals surface area contributed by atoms with Crippen molar-refractivity contribution >= 4 is 27.7 Å². The normalized spacial score (nSPS) is 10.3. The molecule has 0 bridgehead atoms. The van der Waals surface area contributed by atoms with E-state index in [1.54, 1.807) is 10.9 Å². The Hall–Kier alpha value is -0.360. The second-order valence-corrected chi connectivity index (χ2v) is 4.49. The highest BCUT2D eigenvalue weighted by Gasteiger charge is 2.05. The standard InChI is InChI=1S/C8H9BrF2N2S/c1-13-8(6(9)5-12-13)14-4-2-3-7(10)11/h3,5H,2,4H2,1H3. The van der Waals surface area contributed by atoms with Gasteiger partial charge in [-0.3, -0.25) is 4.68 Å². The summed E-state index contributed by atoms with van der Waals surface area (Å²) in [5.41, 5.74) is 0. The van der Waals surface area contributed by atoms with Crippen molar-refractivity contribution in [2.24, 2.45) is 7.05 Å². The maximum Gasteiger partial charge on any atom is 0.266 e. The minimum absolute atomic E-state index is 0.366. The highest BCUT2D eigenvalue weighted by Crippen LogP contribution is 2.27. The molecule has 0 atom stereocenters. The molecule has 6 heteroatoms. The van der Waals surface area contributed by atoms with Crippen molar-refractivity contribution in [3.05, 3.63) is 22.8 Å². The second kappa shape index (κ2) is 5.50. The van der Waals surface area contributed by atoms with Crippen LogP contribution < -0.4 is 0 Å². The van der Waals surface area contributed by atoms with E-state index in [0.29, 0.717) is 12.2 Å². The smallest absolute Gasteiger partial charge is 0.261 e. The third-order valence-corrected chi connectivity index (χ3v) is 3.54. The zero-order valence-electron chi connectivity index (χ0n) is 7.51. The van der Waals surface area contributed by atoms with Crippen LogP contribution in [0.25, 0.3) is 0 Å². The second-order valence-electron chi connectivity index (χ2n) is 2.55. The third kappa shape index (κ3) is 3.42. The van der Waals surface area contributed by atoms with Crippen molar-refractivity contribution in [1.82, 2.24) is 9.78 Å². The van der Waals surface area contributed by atoms with Crippen molar-refractivity contribution in [2.75, 3.05) is 5.75 Å². The summed E-state index contributed by atoms with van der Waals surface area (Å²) in [6.45, 7) is 0. The highest BCUT2D eigenvalue weighted by molar-refractivity contribution is 9.10. The molecule has 2 nitrogen and oxygen atoms in total. The van der Waals surface area contributed by atoms with Gasteiger partial charge in [0, 0.05) is 12.8 Å². The van der Waals surface area contributed by atoms with Gasteiger partial charge in [0.2, 0.25) is 0 Å². The van der Waals surface area contributed by atoms with Crippen LogP contribution in [0.5, 0.6) is 0 Å². The van der Waals surface area contributed by atoms with E-state index in [4.69, 9.17) is 0 Å². The van der Waals surface area contributed by atoms with Gasteiger partial charge in [-0.2, -0.15) is 13.9 Å². The molecule has 0 saturated carbocycles. The molecule has 0 aliphatic rings. The predicted octanol–water partition coefficient (Wildman–Crippen LogP) is 3.45.